The highest BCUT2D eigenvalue weighted by molar-refractivity contribution is 8.04. The molecule has 0 unspecified atom stereocenters. The van der Waals surface area contributed by atoms with E-state index in [9.17, 15) is 19.8 Å². The van der Waals surface area contributed by atoms with E-state index in [0.29, 0.717) is 4.91 Å². The molecule has 0 saturated carbocycles. The van der Waals surface area contributed by atoms with E-state index in [1.807, 2.05) is 30.5 Å². The number of hydrogen-bond donors (Lipinski definition) is 2. The number of thioether (sulfide) groups is 1. The molecule has 0 spiro atoms. The number of fused-ring (bicyclic) bond motifs is 1. The first-order valence-corrected chi connectivity index (χ1v) is 8.59. The van der Waals surface area contributed by atoms with Gasteiger partial charge < -0.3 is 10.2 Å². The van der Waals surface area contributed by atoms with Gasteiger partial charge in [0.2, 0.25) is 5.91 Å². The molecule has 3 atom stereocenters. The second kappa shape index (κ2) is 5.57. The van der Waals surface area contributed by atoms with Crippen molar-refractivity contribution in [3.05, 3.63) is 39.1 Å². The first-order chi connectivity index (χ1) is 10.5. The van der Waals surface area contributed by atoms with Crippen LogP contribution in [0.4, 0.5) is 0 Å². The lowest BCUT2D eigenvalue weighted by atomic mass is 9.92. The maximum atomic E-state index is 12.2. The standard InChI is InChI=1S/C15H15NO4S2/c1-3-8(9-5-4-6-21-9)12-11(15(19)20)16-13(18)10(7(2)17)14(16)22-12/h3-7,10,14,17H,1-2H3,(H,19,20)/t7-,10+,14-/m1/s1. The van der Waals surface area contributed by atoms with Crippen LogP contribution in [-0.2, 0) is 9.59 Å². The van der Waals surface area contributed by atoms with Crippen LogP contribution >= 0.6 is 23.1 Å². The topological polar surface area (TPSA) is 77.8 Å². The Balaban J connectivity index is 2.04. The molecule has 1 amide bonds. The monoisotopic (exact) mass is 337 g/mol. The number of aliphatic hydroxyl groups is 1. The van der Waals surface area contributed by atoms with Gasteiger partial charge in [-0.25, -0.2) is 4.79 Å². The number of β-lactam (4-membered cyclic amide) rings is 1. The third-order valence-corrected chi connectivity index (χ3v) is 6.12. The first-order valence-electron chi connectivity index (χ1n) is 6.83. The number of thiophene rings is 1. The molecule has 3 rings (SSSR count). The van der Waals surface area contributed by atoms with Crippen molar-refractivity contribution in [3.63, 3.8) is 0 Å². The highest BCUT2D eigenvalue weighted by Gasteiger charge is 2.58. The summed E-state index contributed by atoms with van der Waals surface area (Å²) in [4.78, 5) is 26.7. The fraction of sp³-hybridized carbons (Fsp3) is 0.333. The van der Waals surface area contributed by atoms with E-state index < -0.39 is 18.0 Å². The molecule has 22 heavy (non-hydrogen) atoms. The maximum absolute atomic E-state index is 12.2. The molecular weight excluding hydrogens is 322 g/mol. The molecule has 116 valence electrons. The highest BCUT2D eigenvalue weighted by atomic mass is 32.2. The van der Waals surface area contributed by atoms with Crippen molar-refractivity contribution in [2.24, 2.45) is 5.92 Å². The molecule has 1 saturated heterocycles. The lowest BCUT2D eigenvalue weighted by Crippen LogP contribution is -2.60. The van der Waals surface area contributed by atoms with E-state index in [1.165, 1.54) is 28.0 Å². The molecule has 1 aromatic heterocycles. The van der Waals surface area contributed by atoms with Crippen molar-refractivity contribution < 1.29 is 19.8 Å². The Morgan fingerprint density at radius 2 is 2.23 bits per heavy atom. The molecule has 0 bridgehead atoms. The Labute approximate surface area is 135 Å². The van der Waals surface area contributed by atoms with Gasteiger partial charge >= 0.3 is 5.97 Å². The van der Waals surface area contributed by atoms with Gasteiger partial charge in [-0.05, 0) is 25.3 Å². The molecule has 2 N–H and O–H groups in total. The zero-order chi connectivity index (χ0) is 16.0. The Bertz CT molecular complexity index is 690. The fourth-order valence-electron chi connectivity index (χ4n) is 2.79. The molecule has 1 aromatic rings. The van der Waals surface area contributed by atoms with Crippen molar-refractivity contribution in [3.8, 4) is 0 Å². The summed E-state index contributed by atoms with van der Waals surface area (Å²) in [6.45, 7) is 3.42. The van der Waals surface area contributed by atoms with E-state index in [4.69, 9.17) is 0 Å². The minimum absolute atomic E-state index is 0.0263. The van der Waals surface area contributed by atoms with Crippen LogP contribution in [0.2, 0.25) is 0 Å². The molecular formula is C15H15NO4S2. The van der Waals surface area contributed by atoms with Crippen molar-refractivity contribution >= 4 is 40.5 Å². The number of hydrogen-bond acceptors (Lipinski definition) is 5. The number of carbonyl (C=O) groups is 2. The predicted octanol–water partition coefficient (Wildman–Crippen LogP) is 2.36. The van der Waals surface area contributed by atoms with E-state index in [0.717, 1.165) is 10.5 Å². The number of rotatable bonds is 4. The molecule has 2 aliphatic rings. The maximum Gasteiger partial charge on any atom is 0.353 e. The first kappa shape index (κ1) is 15.3. The Hall–Kier alpha value is -1.57. The average molecular weight is 337 g/mol. The van der Waals surface area contributed by atoms with Gasteiger partial charge in [-0.3, -0.25) is 9.69 Å². The summed E-state index contributed by atoms with van der Waals surface area (Å²) in [6.07, 6.45) is 1.08. The second-order valence-electron chi connectivity index (χ2n) is 5.15. The van der Waals surface area contributed by atoms with Crippen LogP contribution in [0, 0.1) is 5.92 Å². The number of aliphatic carboxylic acids is 1. The number of carbonyl (C=O) groups excluding carboxylic acids is 1. The summed E-state index contributed by atoms with van der Waals surface area (Å²) in [5.41, 5.74) is 0.849. The molecule has 0 radical (unpaired) electrons. The normalized spacial score (nSPS) is 26.0. The lowest BCUT2D eigenvalue weighted by molar-refractivity contribution is -0.156. The van der Waals surface area contributed by atoms with Crippen LogP contribution in [0.3, 0.4) is 0 Å². The van der Waals surface area contributed by atoms with Crippen LogP contribution in [0.1, 0.15) is 18.7 Å². The Kier molecular flexibility index (Phi) is 3.88. The van der Waals surface area contributed by atoms with Crippen LogP contribution < -0.4 is 0 Å². The van der Waals surface area contributed by atoms with Crippen LogP contribution in [0.5, 0.6) is 0 Å². The molecule has 0 aromatic carbocycles. The van der Waals surface area contributed by atoms with Crippen molar-refractivity contribution in [2.45, 2.75) is 25.3 Å². The van der Waals surface area contributed by atoms with Gasteiger partial charge in [-0.1, -0.05) is 23.9 Å². The van der Waals surface area contributed by atoms with Crippen molar-refractivity contribution in [1.29, 1.82) is 0 Å². The fourth-order valence-corrected chi connectivity index (χ4v) is 5.36. The zero-order valence-electron chi connectivity index (χ0n) is 12.0. The Morgan fingerprint density at radius 3 is 2.73 bits per heavy atom. The molecule has 7 heteroatoms. The smallest absolute Gasteiger partial charge is 0.353 e. The summed E-state index contributed by atoms with van der Waals surface area (Å²) in [5.74, 6) is -1.97. The van der Waals surface area contributed by atoms with Crippen molar-refractivity contribution in [2.75, 3.05) is 0 Å². The molecule has 2 aliphatic heterocycles. The van der Waals surface area contributed by atoms with Crippen LogP contribution in [0.15, 0.2) is 34.2 Å². The van der Waals surface area contributed by atoms with Gasteiger partial charge in [0.1, 0.15) is 11.1 Å². The van der Waals surface area contributed by atoms with Crippen LogP contribution in [0.25, 0.3) is 5.57 Å². The number of carboxylic acids is 1. The number of carboxylic acid groups (broad SMARTS) is 1. The van der Waals surface area contributed by atoms with Gasteiger partial charge in [0, 0.05) is 15.4 Å². The van der Waals surface area contributed by atoms with Crippen molar-refractivity contribution in [1.82, 2.24) is 4.90 Å². The van der Waals surface area contributed by atoms with E-state index in [2.05, 4.69) is 0 Å². The summed E-state index contributed by atoms with van der Waals surface area (Å²) in [6, 6.07) is 3.83. The summed E-state index contributed by atoms with van der Waals surface area (Å²) in [7, 11) is 0. The predicted molar refractivity (Wildman–Crippen MR) is 86.0 cm³/mol. The number of nitrogens with zero attached hydrogens (tertiary/aromatic N) is 1. The average Bonchev–Trinajstić information content (AvgIpc) is 3.06. The van der Waals surface area contributed by atoms with Gasteiger partial charge in [-0.2, -0.15) is 0 Å². The Morgan fingerprint density at radius 1 is 1.50 bits per heavy atom. The lowest BCUT2D eigenvalue weighted by Gasteiger charge is -2.43. The zero-order valence-corrected chi connectivity index (χ0v) is 13.6. The third kappa shape index (κ3) is 2.12. The minimum atomic E-state index is -1.11. The van der Waals surface area contributed by atoms with Crippen LogP contribution in [-0.4, -0.2) is 38.5 Å². The molecule has 0 aliphatic carbocycles. The SMILES string of the molecule is CC=C(C1=C(C(=O)O)N2C(=O)[C@H]([C@@H](C)O)[C@H]2S1)c1cccs1. The van der Waals surface area contributed by atoms with Gasteiger partial charge in [0.15, 0.2) is 0 Å². The second-order valence-corrected chi connectivity index (χ2v) is 7.22. The van der Waals surface area contributed by atoms with E-state index in [-0.39, 0.29) is 17.0 Å². The largest absolute Gasteiger partial charge is 0.477 e. The number of amides is 1. The summed E-state index contributed by atoms with van der Waals surface area (Å²) < 4.78 is 0. The van der Waals surface area contributed by atoms with E-state index in [1.54, 1.807) is 6.92 Å². The number of allylic oxidation sites excluding steroid dienone is 2. The molecule has 5 nitrogen and oxygen atoms in total. The number of aliphatic hydroxyl groups excluding tert-OH is 1. The summed E-state index contributed by atoms with van der Waals surface area (Å²) >= 11 is 2.88. The quantitative estimate of drug-likeness (QED) is 0.825. The molecule has 3 heterocycles. The third-order valence-electron chi connectivity index (χ3n) is 3.82. The summed E-state index contributed by atoms with van der Waals surface area (Å²) in [5, 5.41) is 20.9. The van der Waals surface area contributed by atoms with Gasteiger partial charge in [0.05, 0.1) is 12.0 Å². The highest BCUT2D eigenvalue weighted by Crippen LogP contribution is 2.54. The minimum Gasteiger partial charge on any atom is -0.477 e. The van der Waals surface area contributed by atoms with Gasteiger partial charge in [-0.15, -0.1) is 11.3 Å². The molecule has 1 fully saturated rings. The van der Waals surface area contributed by atoms with E-state index >= 15 is 0 Å². The van der Waals surface area contributed by atoms with Gasteiger partial charge in [0.25, 0.3) is 0 Å².